The first kappa shape index (κ1) is 15.0. The highest BCUT2D eigenvalue weighted by molar-refractivity contribution is 6.31. The van der Waals surface area contributed by atoms with Gasteiger partial charge >= 0.3 is 0 Å². The molecule has 1 atom stereocenters. The zero-order chi connectivity index (χ0) is 14.5. The van der Waals surface area contributed by atoms with Gasteiger partial charge in [0.05, 0.1) is 0 Å². The van der Waals surface area contributed by atoms with Crippen LogP contribution in [0.5, 0.6) is 0 Å². The Morgan fingerprint density at radius 3 is 2.70 bits per heavy atom. The lowest BCUT2D eigenvalue weighted by atomic mass is 10.1. The molecule has 2 aromatic carbocycles. The number of hydrogen-bond donors (Lipinski definition) is 1. The van der Waals surface area contributed by atoms with E-state index in [0.717, 1.165) is 18.5 Å². The van der Waals surface area contributed by atoms with Crippen molar-refractivity contribution in [3.63, 3.8) is 0 Å². The summed E-state index contributed by atoms with van der Waals surface area (Å²) in [5.41, 5.74) is 3.52. The molecule has 0 aromatic heterocycles. The number of hydrogen-bond acceptors (Lipinski definition) is 1. The summed E-state index contributed by atoms with van der Waals surface area (Å²) < 4.78 is 13.0. The van der Waals surface area contributed by atoms with E-state index >= 15 is 0 Å². The van der Waals surface area contributed by atoms with Gasteiger partial charge in [-0.05, 0) is 50.1 Å². The van der Waals surface area contributed by atoms with Gasteiger partial charge in [0.25, 0.3) is 0 Å². The van der Waals surface area contributed by atoms with Crippen LogP contribution >= 0.6 is 11.6 Å². The number of nitrogens with one attached hydrogen (secondary N) is 1. The Morgan fingerprint density at radius 2 is 2.00 bits per heavy atom. The minimum absolute atomic E-state index is 0.105. The monoisotopic (exact) mass is 291 g/mol. The molecule has 0 aliphatic rings. The second-order valence-electron chi connectivity index (χ2n) is 5.08. The average molecular weight is 292 g/mol. The molecule has 0 heterocycles. The van der Waals surface area contributed by atoms with Crippen LogP contribution < -0.4 is 5.32 Å². The van der Waals surface area contributed by atoms with Crippen molar-refractivity contribution in [3.05, 3.63) is 70.0 Å². The zero-order valence-electron chi connectivity index (χ0n) is 11.8. The van der Waals surface area contributed by atoms with Gasteiger partial charge in [-0.15, -0.1) is 0 Å². The van der Waals surface area contributed by atoms with Crippen LogP contribution in [0.3, 0.4) is 0 Å². The molecule has 0 amide bonds. The molecule has 0 fully saturated rings. The van der Waals surface area contributed by atoms with Crippen LogP contribution in [-0.2, 0) is 6.42 Å². The summed E-state index contributed by atoms with van der Waals surface area (Å²) in [5, 5.41) is 3.89. The quantitative estimate of drug-likeness (QED) is 0.843. The second kappa shape index (κ2) is 6.87. The van der Waals surface area contributed by atoms with Gasteiger partial charge in [-0.25, -0.2) is 4.39 Å². The summed E-state index contributed by atoms with van der Waals surface area (Å²) in [6.45, 7) is 4.99. The topological polar surface area (TPSA) is 12.0 Å². The number of benzene rings is 2. The molecule has 1 unspecified atom stereocenters. The van der Waals surface area contributed by atoms with E-state index < -0.39 is 0 Å². The Labute approximate surface area is 124 Å². The van der Waals surface area contributed by atoms with Gasteiger partial charge in [-0.1, -0.05) is 47.5 Å². The predicted molar refractivity (Wildman–Crippen MR) is 82.7 cm³/mol. The second-order valence-corrected chi connectivity index (χ2v) is 5.49. The van der Waals surface area contributed by atoms with Gasteiger partial charge in [-0.2, -0.15) is 0 Å². The molecule has 0 saturated carbocycles. The van der Waals surface area contributed by atoms with E-state index in [9.17, 15) is 4.39 Å². The van der Waals surface area contributed by atoms with Crippen LogP contribution in [0.25, 0.3) is 0 Å². The molecule has 2 aromatic rings. The summed E-state index contributed by atoms with van der Waals surface area (Å²) in [7, 11) is 0. The molecule has 0 radical (unpaired) electrons. The summed E-state index contributed by atoms with van der Waals surface area (Å²) in [5.74, 6) is -0.300. The normalized spacial score (nSPS) is 12.4. The maximum atomic E-state index is 13.0. The maximum Gasteiger partial charge on any atom is 0.124 e. The fraction of sp³-hybridized carbons (Fsp3) is 0.294. The molecule has 1 nitrogen and oxygen atoms in total. The Hall–Kier alpha value is -1.38. The Bertz CT molecular complexity index is 583. The van der Waals surface area contributed by atoms with Crippen molar-refractivity contribution in [2.45, 2.75) is 26.3 Å². The summed E-state index contributed by atoms with van der Waals surface area (Å²) in [4.78, 5) is 0. The van der Waals surface area contributed by atoms with Crippen LogP contribution in [-0.4, -0.2) is 6.54 Å². The van der Waals surface area contributed by atoms with E-state index in [2.05, 4.69) is 36.5 Å². The molecule has 1 N–H and O–H groups in total. The average Bonchev–Trinajstić information content (AvgIpc) is 2.38. The zero-order valence-corrected chi connectivity index (χ0v) is 12.5. The lowest BCUT2D eigenvalue weighted by molar-refractivity contribution is 0.573. The first-order valence-electron chi connectivity index (χ1n) is 6.80. The summed E-state index contributed by atoms with van der Waals surface area (Å²) in [6, 6.07) is 13.1. The van der Waals surface area contributed by atoms with Crippen molar-refractivity contribution in [2.75, 3.05) is 6.54 Å². The van der Waals surface area contributed by atoms with Gasteiger partial charge in [0.15, 0.2) is 0 Å². The van der Waals surface area contributed by atoms with Crippen LogP contribution in [0.2, 0.25) is 5.02 Å². The molecule has 0 bridgehead atoms. The smallest absolute Gasteiger partial charge is 0.124 e. The van der Waals surface area contributed by atoms with Gasteiger partial charge in [0.2, 0.25) is 0 Å². The van der Waals surface area contributed by atoms with Gasteiger partial charge in [0.1, 0.15) is 5.82 Å². The van der Waals surface area contributed by atoms with Crippen molar-refractivity contribution in [1.82, 2.24) is 5.32 Å². The summed E-state index contributed by atoms with van der Waals surface area (Å²) in [6.07, 6.45) is 0.963. The fourth-order valence-electron chi connectivity index (χ4n) is 2.26. The standard InChI is InChI=1S/C17H19ClFN/c1-12-4-3-5-14(10-12)8-9-20-13(2)16-7-6-15(19)11-17(16)18/h3-7,10-11,13,20H,8-9H2,1-2H3. The molecule has 0 aliphatic heterocycles. The molecule has 0 spiro atoms. The van der Waals surface area contributed by atoms with Crippen molar-refractivity contribution in [2.24, 2.45) is 0 Å². The highest BCUT2D eigenvalue weighted by atomic mass is 35.5. The number of aryl methyl sites for hydroxylation is 1. The minimum Gasteiger partial charge on any atom is -0.310 e. The van der Waals surface area contributed by atoms with Crippen LogP contribution in [0.4, 0.5) is 4.39 Å². The van der Waals surface area contributed by atoms with E-state index in [4.69, 9.17) is 11.6 Å². The molecule has 106 valence electrons. The number of halogens is 2. The van der Waals surface area contributed by atoms with Crippen molar-refractivity contribution in [1.29, 1.82) is 0 Å². The Balaban J connectivity index is 1.90. The molecule has 2 rings (SSSR count). The van der Waals surface area contributed by atoms with Gasteiger partial charge < -0.3 is 5.32 Å². The SMILES string of the molecule is Cc1cccc(CCNC(C)c2ccc(F)cc2Cl)c1. The van der Waals surface area contributed by atoms with Crippen molar-refractivity contribution < 1.29 is 4.39 Å². The lowest BCUT2D eigenvalue weighted by Crippen LogP contribution is -2.21. The largest absolute Gasteiger partial charge is 0.310 e. The maximum absolute atomic E-state index is 13.0. The molecule has 3 heteroatoms. The Kier molecular flexibility index (Phi) is 5.16. The van der Waals surface area contributed by atoms with Crippen LogP contribution in [0, 0.1) is 12.7 Å². The molecule has 0 saturated heterocycles. The summed E-state index contributed by atoms with van der Waals surface area (Å²) >= 11 is 6.06. The third-order valence-corrected chi connectivity index (χ3v) is 3.70. The van der Waals surface area contributed by atoms with E-state index in [1.165, 1.54) is 23.3 Å². The van der Waals surface area contributed by atoms with Gasteiger partial charge in [-0.3, -0.25) is 0 Å². The van der Waals surface area contributed by atoms with Crippen molar-refractivity contribution >= 4 is 11.6 Å². The van der Waals surface area contributed by atoms with Crippen molar-refractivity contribution in [3.8, 4) is 0 Å². The third-order valence-electron chi connectivity index (χ3n) is 3.38. The van der Waals surface area contributed by atoms with E-state index in [0.29, 0.717) is 5.02 Å². The van der Waals surface area contributed by atoms with Crippen LogP contribution in [0.1, 0.15) is 29.7 Å². The predicted octanol–water partition coefficient (Wildman–Crippen LogP) is 4.68. The Morgan fingerprint density at radius 1 is 1.20 bits per heavy atom. The number of rotatable bonds is 5. The molecular weight excluding hydrogens is 273 g/mol. The van der Waals surface area contributed by atoms with E-state index in [-0.39, 0.29) is 11.9 Å². The minimum atomic E-state index is -0.300. The van der Waals surface area contributed by atoms with E-state index in [1.807, 2.05) is 6.92 Å². The molecule has 0 aliphatic carbocycles. The molecule has 20 heavy (non-hydrogen) atoms. The third kappa shape index (κ3) is 4.06. The fourth-order valence-corrected chi connectivity index (χ4v) is 2.59. The highest BCUT2D eigenvalue weighted by Gasteiger charge is 2.09. The first-order chi connectivity index (χ1) is 9.56. The highest BCUT2D eigenvalue weighted by Crippen LogP contribution is 2.23. The van der Waals surface area contributed by atoms with Gasteiger partial charge in [0, 0.05) is 11.1 Å². The first-order valence-corrected chi connectivity index (χ1v) is 7.18. The molecular formula is C17H19ClFN. The lowest BCUT2D eigenvalue weighted by Gasteiger charge is -2.16. The van der Waals surface area contributed by atoms with E-state index in [1.54, 1.807) is 6.07 Å². The van der Waals surface area contributed by atoms with Crippen LogP contribution in [0.15, 0.2) is 42.5 Å².